The minimum absolute atomic E-state index is 0.117. The Hall–Kier alpha value is -2.60. The molecule has 2 atom stereocenters. The molecule has 1 aromatic carbocycles. The number of halogens is 2. The highest BCUT2D eigenvalue weighted by atomic mass is 32.2. The molecule has 1 aromatic rings. The molecule has 0 heterocycles. The zero-order chi connectivity index (χ0) is 30.7. The Labute approximate surface area is 246 Å². The first-order chi connectivity index (χ1) is 18.5. The highest BCUT2D eigenvalue weighted by Crippen LogP contribution is 2.36. The second-order valence-electron chi connectivity index (χ2n) is 11.3. The van der Waals surface area contributed by atoms with Gasteiger partial charge in [-0.05, 0) is 101 Å². The normalized spacial score (nSPS) is 14.9. The lowest BCUT2D eigenvalue weighted by Crippen LogP contribution is -2.29. The van der Waals surface area contributed by atoms with Crippen molar-refractivity contribution in [1.29, 1.82) is 0 Å². The molecule has 0 saturated carbocycles. The molecule has 0 bridgehead atoms. The number of ether oxygens (including phenoxy) is 1. The molecule has 1 N–H and O–H groups in total. The summed E-state index contributed by atoms with van der Waals surface area (Å²) in [6.07, 6.45) is 7.62. The summed E-state index contributed by atoms with van der Waals surface area (Å²) in [7, 11) is 0. The SMILES string of the molecule is C=C/C(=C\N=C(/C)C(C)(C)F)CNC(=C)c1cc(OC(CCC)CC(C)C(C)(C)F)cc(C(=C)S/C(C)=C\C)c1. The lowest BCUT2D eigenvalue weighted by atomic mass is 9.88. The van der Waals surface area contributed by atoms with Crippen LogP contribution in [0.3, 0.4) is 0 Å². The molecule has 0 radical (unpaired) electrons. The van der Waals surface area contributed by atoms with Gasteiger partial charge in [0.1, 0.15) is 17.1 Å². The lowest BCUT2D eigenvalue weighted by molar-refractivity contribution is 0.0802. The standard InChI is InChI=1S/C34H50F2N2OS/c1-13-16-31(17-23(4)33(9,10)35)39-32-19-29(18-30(20-32)26(7)40-24(5)14-2)25(6)37-21-28(15-3)22-38-27(8)34(11,12)36/h14-15,18-20,22-23,31,37H,3,6-7,13,16-17,21H2,1-2,4-5,8-12H3/b24-14-,28-22+,38-27+. The predicted octanol–water partition coefficient (Wildman–Crippen LogP) is 10.5. The van der Waals surface area contributed by atoms with Crippen molar-refractivity contribution in [3.63, 3.8) is 0 Å². The van der Waals surface area contributed by atoms with Gasteiger partial charge in [-0.25, -0.2) is 8.78 Å². The zero-order valence-corrected chi connectivity index (χ0v) is 26.9. The number of nitrogens with one attached hydrogen (secondary N) is 1. The Morgan fingerprint density at radius 1 is 1.12 bits per heavy atom. The van der Waals surface area contributed by atoms with Gasteiger partial charge in [0.2, 0.25) is 0 Å². The molecule has 6 heteroatoms. The fourth-order valence-corrected chi connectivity index (χ4v) is 4.29. The number of aliphatic imine (C=N–C) groups is 1. The van der Waals surface area contributed by atoms with E-state index in [-0.39, 0.29) is 12.0 Å². The Bertz CT molecular complexity index is 1120. The van der Waals surface area contributed by atoms with Gasteiger partial charge in [0, 0.05) is 28.9 Å². The fourth-order valence-electron chi connectivity index (χ4n) is 3.54. The largest absolute Gasteiger partial charge is 0.490 e. The average Bonchev–Trinajstić information content (AvgIpc) is 2.86. The third kappa shape index (κ3) is 12.3. The highest BCUT2D eigenvalue weighted by Gasteiger charge is 2.28. The number of allylic oxidation sites excluding steroid dienone is 2. The maximum atomic E-state index is 14.6. The van der Waals surface area contributed by atoms with E-state index in [0.29, 0.717) is 30.1 Å². The van der Waals surface area contributed by atoms with Gasteiger partial charge in [0.15, 0.2) is 0 Å². The van der Waals surface area contributed by atoms with E-state index in [1.54, 1.807) is 44.8 Å². The van der Waals surface area contributed by atoms with Crippen molar-refractivity contribution in [3.8, 4) is 5.75 Å². The van der Waals surface area contributed by atoms with E-state index >= 15 is 0 Å². The molecule has 0 aliphatic heterocycles. The van der Waals surface area contributed by atoms with Crippen molar-refractivity contribution in [2.24, 2.45) is 10.9 Å². The van der Waals surface area contributed by atoms with E-state index in [4.69, 9.17) is 4.74 Å². The predicted molar refractivity (Wildman–Crippen MR) is 174 cm³/mol. The summed E-state index contributed by atoms with van der Waals surface area (Å²) < 4.78 is 35.2. The Kier molecular flexibility index (Phi) is 14.2. The summed E-state index contributed by atoms with van der Waals surface area (Å²) in [5.74, 6) is 0.548. The second kappa shape index (κ2) is 16.0. The third-order valence-electron chi connectivity index (χ3n) is 7.02. The number of hydrogen-bond acceptors (Lipinski definition) is 4. The first-order valence-electron chi connectivity index (χ1n) is 14.0. The van der Waals surface area contributed by atoms with Crippen molar-refractivity contribution in [2.75, 3.05) is 6.54 Å². The minimum Gasteiger partial charge on any atom is -0.490 e. The molecule has 0 fully saturated rings. The molecule has 0 aliphatic carbocycles. The first kappa shape index (κ1) is 35.4. The molecule has 0 amide bonds. The summed E-state index contributed by atoms with van der Waals surface area (Å²) in [4.78, 5) is 6.31. The van der Waals surface area contributed by atoms with E-state index in [1.807, 2.05) is 45.0 Å². The Morgan fingerprint density at radius 2 is 1.75 bits per heavy atom. The van der Waals surface area contributed by atoms with Crippen LogP contribution in [-0.4, -0.2) is 29.7 Å². The molecule has 0 spiro atoms. The van der Waals surface area contributed by atoms with Crippen LogP contribution in [0, 0.1) is 5.92 Å². The van der Waals surface area contributed by atoms with Gasteiger partial charge in [-0.15, -0.1) is 0 Å². The van der Waals surface area contributed by atoms with Gasteiger partial charge in [0.25, 0.3) is 0 Å². The van der Waals surface area contributed by atoms with E-state index in [1.165, 1.54) is 13.8 Å². The van der Waals surface area contributed by atoms with E-state index in [9.17, 15) is 8.78 Å². The van der Waals surface area contributed by atoms with Crippen molar-refractivity contribution in [3.05, 3.63) is 77.9 Å². The van der Waals surface area contributed by atoms with Gasteiger partial charge in [-0.1, -0.05) is 63.9 Å². The Morgan fingerprint density at radius 3 is 2.27 bits per heavy atom. The molecule has 0 aromatic heterocycles. The van der Waals surface area contributed by atoms with Gasteiger partial charge < -0.3 is 10.1 Å². The molecular weight excluding hydrogens is 522 g/mol. The zero-order valence-electron chi connectivity index (χ0n) is 26.1. The van der Waals surface area contributed by atoms with Crippen LogP contribution in [0.15, 0.2) is 71.8 Å². The summed E-state index contributed by atoms with van der Waals surface area (Å²) in [6, 6.07) is 5.99. The van der Waals surface area contributed by atoms with Gasteiger partial charge >= 0.3 is 0 Å². The Balaban J connectivity index is 3.32. The van der Waals surface area contributed by atoms with Crippen LogP contribution < -0.4 is 10.1 Å². The van der Waals surface area contributed by atoms with E-state index in [2.05, 4.69) is 37.0 Å². The smallest absolute Gasteiger partial charge is 0.143 e. The quantitative estimate of drug-likeness (QED) is 0.149. The monoisotopic (exact) mass is 572 g/mol. The molecule has 1 rings (SSSR count). The van der Waals surface area contributed by atoms with Crippen LogP contribution in [0.4, 0.5) is 8.78 Å². The van der Waals surface area contributed by atoms with Gasteiger partial charge in [-0.2, -0.15) is 0 Å². The highest BCUT2D eigenvalue weighted by molar-refractivity contribution is 8.11. The lowest BCUT2D eigenvalue weighted by Gasteiger charge is -2.28. The van der Waals surface area contributed by atoms with Crippen LogP contribution in [0.25, 0.3) is 10.6 Å². The minimum atomic E-state index is -1.49. The number of nitrogens with zero attached hydrogens (tertiary/aromatic N) is 1. The first-order valence-corrected chi connectivity index (χ1v) is 14.8. The molecule has 40 heavy (non-hydrogen) atoms. The third-order valence-corrected chi connectivity index (χ3v) is 8.06. The van der Waals surface area contributed by atoms with Gasteiger partial charge in [0.05, 0.1) is 11.8 Å². The number of rotatable bonds is 17. The fraction of sp³-hybridized carbons (Fsp3) is 0.500. The molecule has 0 aliphatic rings. The summed E-state index contributed by atoms with van der Waals surface area (Å²) >= 11 is 1.60. The van der Waals surface area contributed by atoms with Crippen LogP contribution in [0.5, 0.6) is 5.75 Å². The number of hydrogen-bond donors (Lipinski definition) is 1. The maximum absolute atomic E-state index is 14.6. The number of thioether (sulfide) groups is 1. The molecule has 3 nitrogen and oxygen atoms in total. The van der Waals surface area contributed by atoms with Crippen molar-refractivity contribution in [2.45, 2.75) is 99.0 Å². The van der Waals surface area contributed by atoms with E-state index in [0.717, 1.165) is 39.4 Å². The van der Waals surface area contributed by atoms with Crippen LogP contribution in [0.2, 0.25) is 0 Å². The van der Waals surface area contributed by atoms with Crippen molar-refractivity contribution in [1.82, 2.24) is 5.32 Å². The second-order valence-corrected chi connectivity index (χ2v) is 12.7. The van der Waals surface area contributed by atoms with Crippen LogP contribution >= 0.6 is 11.8 Å². The van der Waals surface area contributed by atoms with Crippen molar-refractivity contribution >= 4 is 28.1 Å². The maximum Gasteiger partial charge on any atom is 0.143 e. The van der Waals surface area contributed by atoms with Crippen LogP contribution in [-0.2, 0) is 0 Å². The van der Waals surface area contributed by atoms with Gasteiger partial charge in [-0.3, -0.25) is 4.99 Å². The van der Waals surface area contributed by atoms with E-state index < -0.39 is 11.3 Å². The topological polar surface area (TPSA) is 33.6 Å². The summed E-state index contributed by atoms with van der Waals surface area (Å²) in [5, 5.41) is 3.34. The van der Waals surface area contributed by atoms with Crippen LogP contribution in [0.1, 0.15) is 92.7 Å². The summed E-state index contributed by atoms with van der Waals surface area (Å²) in [6.45, 7) is 28.8. The molecule has 0 saturated heterocycles. The summed E-state index contributed by atoms with van der Waals surface area (Å²) in [5.41, 5.74) is 0.892. The molecule has 2 unspecified atom stereocenters. The number of benzene rings is 1. The molecular formula is C34H50F2N2OS. The molecule has 222 valence electrons. The van der Waals surface area contributed by atoms with Crippen molar-refractivity contribution < 1.29 is 13.5 Å². The average molecular weight is 573 g/mol. The number of alkyl halides is 2.